The first-order valence-corrected chi connectivity index (χ1v) is 7.85. The molecule has 0 aromatic carbocycles. The highest BCUT2D eigenvalue weighted by Gasteiger charge is 2.17. The van der Waals surface area contributed by atoms with E-state index in [4.69, 9.17) is 21.1 Å². The summed E-state index contributed by atoms with van der Waals surface area (Å²) >= 11 is 5.94. The zero-order chi connectivity index (χ0) is 15.9. The summed E-state index contributed by atoms with van der Waals surface area (Å²) in [6.45, 7) is 4.33. The van der Waals surface area contributed by atoms with Crippen molar-refractivity contribution in [3.8, 4) is 11.6 Å². The lowest BCUT2D eigenvalue weighted by molar-refractivity contribution is 0.211. The number of nitrogens with one attached hydrogen (secondary N) is 1. The highest BCUT2D eigenvalue weighted by Crippen LogP contribution is 2.23. The van der Waals surface area contributed by atoms with Gasteiger partial charge in [-0.05, 0) is 12.1 Å². The molecule has 2 aromatic rings. The van der Waals surface area contributed by atoms with Crippen molar-refractivity contribution >= 4 is 17.4 Å². The molecule has 3 heterocycles. The van der Waals surface area contributed by atoms with Crippen molar-refractivity contribution in [2.75, 3.05) is 44.3 Å². The second kappa shape index (κ2) is 7.94. The second-order valence-electron chi connectivity index (χ2n) is 4.91. The van der Waals surface area contributed by atoms with E-state index in [-0.39, 0.29) is 0 Å². The Balaban J connectivity index is 1.55. The number of halogens is 1. The zero-order valence-corrected chi connectivity index (χ0v) is 13.4. The maximum atomic E-state index is 5.94. The van der Waals surface area contributed by atoms with Crippen LogP contribution in [0.3, 0.4) is 0 Å². The van der Waals surface area contributed by atoms with Gasteiger partial charge < -0.3 is 19.7 Å². The Morgan fingerprint density at radius 1 is 1.04 bits per heavy atom. The maximum absolute atomic E-state index is 5.94. The lowest BCUT2D eigenvalue weighted by Gasteiger charge is -2.28. The first-order valence-electron chi connectivity index (χ1n) is 7.47. The predicted octanol–water partition coefficient (Wildman–Crippen LogP) is 1.39. The van der Waals surface area contributed by atoms with Gasteiger partial charge >= 0.3 is 0 Å². The van der Waals surface area contributed by atoms with Crippen LogP contribution in [0.2, 0.25) is 5.15 Å². The summed E-state index contributed by atoms with van der Waals surface area (Å²) in [6.07, 6.45) is 4.92. The minimum absolute atomic E-state index is 0.341. The average molecular weight is 336 g/mol. The fraction of sp³-hybridized carbons (Fsp3) is 0.400. The van der Waals surface area contributed by atoms with E-state index in [2.05, 4.69) is 25.2 Å². The average Bonchev–Trinajstić information content (AvgIpc) is 2.61. The van der Waals surface area contributed by atoms with Gasteiger partial charge in [0, 0.05) is 44.8 Å². The molecule has 8 heteroatoms. The number of piperazine rings is 1. The van der Waals surface area contributed by atoms with E-state index in [1.54, 1.807) is 30.7 Å². The zero-order valence-electron chi connectivity index (χ0n) is 12.6. The molecule has 0 radical (unpaired) electrons. The monoisotopic (exact) mass is 335 g/mol. The van der Waals surface area contributed by atoms with Crippen molar-refractivity contribution in [3.05, 3.63) is 35.9 Å². The van der Waals surface area contributed by atoms with E-state index in [9.17, 15) is 0 Å². The Kier molecular flexibility index (Phi) is 5.44. The van der Waals surface area contributed by atoms with Crippen LogP contribution in [-0.2, 0) is 0 Å². The molecular weight excluding hydrogens is 318 g/mol. The van der Waals surface area contributed by atoms with E-state index in [1.165, 1.54) is 0 Å². The number of ether oxygens (including phenoxy) is 2. The minimum atomic E-state index is 0.341. The van der Waals surface area contributed by atoms with Crippen LogP contribution in [0, 0.1) is 0 Å². The molecule has 1 fully saturated rings. The number of hydrogen-bond acceptors (Lipinski definition) is 7. The number of rotatable bonds is 6. The highest BCUT2D eigenvalue weighted by molar-refractivity contribution is 6.30. The van der Waals surface area contributed by atoms with Crippen molar-refractivity contribution in [1.82, 2.24) is 20.3 Å². The molecule has 0 bridgehead atoms. The van der Waals surface area contributed by atoms with Crippen LogP contribution in [-0.4, -0.2) is 54.3 Å². The smallest absolute Gasteiger partial charge is 0.257 e. The van der Waals surface area contributed by atoms with Crippen molar-refractivity contribution in [2.45, 2.75) is 0 Å². The Labute approximate surface area is 139 Å². The van der Waals surface area contributed by atoms with Gasteiger partial charge in [0.15, 0.2) is 16.7 Å². The Hall–Kier alpha value is -2.12. The van der Waals surface area contributed by atoms with Gasteiger partial charge in [-0.15, -0.1) is 0 Å². The largest absolute Gasteiger partial charge is 0.487 e. The molecule has 1 saturated heterocycles. The van der Waals surface area contributed by atoms with Crippen LogP contribution in [0.4, 0.5) is 5.82 Å². The van der Waals surface area contributed by atoms with Gasteiger partial charge in [0.05, 0.1) is 0 Å². The number of anilines is 1. The molecule has 1 N–H and O–H groups in total. The molecule has 23 heavy (non-hydrogen) atoms. The topological polar surface area (TPSA) is 72.4 Å². The first-order chi connectivity index (χ1) is 11.3. The summed E-state index contributed by atoms with van der Waals surface area (Å²) in [5, 5.41) is 3.65. The minimum Gasteiger partial charge on any atom is -0.487 e. The summed E-state index contributed by atoms with van der Waals surface area (Å²) in [5.41, 5.74) is 0. The summed E-state index contributed by atoms with van der Waals surface area (Å²) in [7, 11) is 0. The number of nitrogens with zero attached hydrogens (tertiary/aromatic N) is 4. The van der Waals surface area contributed by atoms with Gasteiger partial charge in [-0.2, -0.15) is 0 Å². The molecule has 0 amide bonds. The lowest BCUT2D eigenvalue weighted by atomic mass is 10.3. The third kappa shape index (κ3) is 4.20. The summed E-state index contributed by atoms with van der Waals surface area (Å²) in [4.78, 5) is 14.8. The van der Waals surface area contributed by atoms with Gasteiger partial charge in [0.2, 0.25) is 0 Å². The molecule has 1 aliphatic rings. The Bertz CT molecular complexity index is 637. The van der Waals surface area contributed by atoms with Crippen LogP contribution in [0.15, 0.2) is 30.7 Å². The van der Waals surface area contributed by atoms with E-state index in [0.717, 1.165) is 32.0 Å². The highest BCUT2D eigenvalue weighted by atomic mass is 35.5. The molecule has 0 saturated carbocycles. The Morgan fingerprint density at radius 2 is 1.83 bits per heavy atom. The van der Waals surface area contributed by atoms with Crippen molar-refractivity contribution in [2.24, 2.45) is 0 Å². The fourth-order valence-corrected chi connectivity index (χ4v) is 2.46. The lowest BCUT2D eigenvalue weighted by Crippen LogP contribution is -2.44. The number of pyridine rings is 1. The first kappa shape index (κ1) is 15.8. The van der Waals surface area contributed by atoms with Gasteiger partial charge in [0.25, 0.3) is 5.88 Å². The molecule has 1 aliphatic heterocycles. The predicted molar refractivity (Wildman–Crippen MR) is 87.4 cm³/mol. The summed E-state index contributed by atoms with van der Waals surface area (Å²) < 4.78 is 11.3. The van der Waals surface area contributed by atoms with Crippen LogP contribution < -0.4 is 19.7 Å². The Morgan fingerprint density at radius 3 is 2.65 bits per heavy atom. The third-order valence-electron chi connectivity index (χ3n) is 3.37. The molecule has 122 valence electrons. The molecule has 2 aromatic heterocycles. The van der Waals surface area contributed by atoms with E-state index >= 15 is 0 Å². The number of hydrogen-bond donors (Lipinski definition) is 1. The van der Waals surface area contributed by atoms with E-state index in [0.29, 0.717) is 30.0 Å². The second-order valence-corrected chi connectivity index (χ2v) is 5.27. The molecular formula is C15H18ClN5O2. The van der Waals surface area contributed by atoms with E-state index < -0.39 is 0 Å². The maximum Gasteiger partial charge on any atom is 0.257 e. The van der Waals surface area contributed by atoms with Crippen LogP contribution in [0.1, 0.15) is 0 Å². The third-order valence-corrected chi connectivity index (χ3v) is 3.65. The van der Waals surface area contributed by atoms with Crippen LogP contribution >= 0.6 is 11.6 Å². The molecule has 3 rings (SSSR count). The normalized spacial score (nSPS) is 14.6. The molecule has 0 atom stereocenters. The molecule has 0 aliphatic carbocycles. The van der Waals surface area contributed by atoms with Crippen LogP contribution in [0.5, 0.6) is 11.6 Å². The summed E-state index contributed by atoms with van der Waals surface area (Å²) in [6, 6.07) is 3.54. The van der Waals surface area contributed by atoms with Gasteiger partial charge in [-0.3, -0.25) is 0 Å². The summed E-state index contributed by atoms with van der Waals surface area (Å²) in [5.74, 6) is 1.84. The van der Waals surface area contributed by atoms with Crippen molar-refractivity contribution in [1.29, 1.82) is 0 Å². The number of aromatic nitrogens is 3. The SMILES string of the molecule is Clc1ncccc1OCCOc1nccnc1N1CCNCC1. The van der Waals surface area contributed by atoms with Gasteiger partial charge in [0.1, 0.15) is 13.2 Å². The van der Waals surface area contributed by atoms with Crippen LogP contribution in [0.25, 0.3) is 0 Å². The van der Waals surface area contributed by atoms with Crippen molar-refractivity contribution < 1.29 is 9.47 Å². The molecule has 0 unspecified atom stereocenters. The van der Waals surface area contributed by atoms with Gasteiger partial charge in [-0.25, -0.2) is 15.0 Å². The fourth-order valence-electron chi connectivity index (χ4n) is 2.28. The quantitative estimate of drug-likeness (QED) is 0.631. The molecule has 0 spiro atoms. The standard InChI is InChI=1S/C15H18ClN5O2/c16-13-12(2-1-3-18-13)22-10-11-23-15-14(19-4-5-20-15)21-8-6-17-7-9-21/h1-5,17H,6-11H2. The molecule has 7 nitrogen and oxygen atoms in total. The van der Waals surface area contributed by atoms with Gasteiger partial charge in [-0.1, -0.05) is 11.6 Å². The van der Waals surface area contributed by atoms with Crippen molar-refractivity contribution in [3.63, 3.8) is 0 Å². The van der Waals surface area contributed by atoms with E-state index in [1.807, 2.05) is 0 Å².